The maximum absolute atomic E-state index is 9.46. The maximum Gasteiger partial charge on any atom is 0.119 e. The Labute approximate surface area is 130 Å². The molecule has 0 fully saturated rings. The van der Waals surface area contributed by atoms with Gasteiger partial charge >= 0.3 is 0 Å². The number of fused-ring (bicyclic) bond motifs is 1. The van der Waals surface area contributed by atoms with Gasteiger partial charge in [0.15, 0.2) is 0 Å². The molecule has 0 spiro atoms. The Kier molecular flexibility index (Phi) is 3.67. The zero-order chi connectivity index (χ0) is 15.5. The number of hydrogen-bond donors (Lipinski definition) is 0. The van der Waals surface area contributed by atoms with Gasteiger partial charge in [0.05, 0.1) is 18.4 Å². The highest BCUT2D eigenvalue weighted by molar-refractivity contribution is 5.98. The lowest BCUT2D eigenvalue weighted by Gasteiger charge is -2.23. The van der Waals surface area contributed by atoms with Gasteiger partial charge in [-0.2, -0.15) is 5.26 Å². The van der Waals surface area contributed by atoms with Crippen molar-refractivity contribution in [2.75, 3.05) is 19.1 Å². The summed E-state index contributed by atoms with van der Waals surface area (Å²) in [6.07, 6.45) is 0. The lowest BCUT2D eigenvalue weighted by Crippen LogP contribution is -2.11. The first-order valence-electron chi connectivity index (χ1n) is 7.04. The van der Waals surface area contributed by atoms with Crippen LogP contribution in [0.5, 0.6) is 5.75 Å². The van der Waals surface area contributed by atoms with E-state index in [-0.39, 0.29) is 0 Å². The molecule has 0 heterocycles. The maximum atomic E-state index is 9.46. The third-order valence-electron chi connectivity index (χ3n) is 3.82. The molecule has 0 aliphatic rings. The zero-order valence-corrected chi connectivity index (χ0v) is 12.6. The summed E-state index contributed by atoms with van der Waals surface area (Å²) in [5.74, 6) is 0.815. The van der Waals surface area contributed by atoms with Crippen LogP contribution in [0.15, 0.2) is 60.7 Å². The molecule has 3 aromatic rings. The van der Waals surface area contributed by atoms with Crippen molar-refractivity contribution >= 4 is 22.1 Å². The van der Waals surface area contributed by atoms with Crippen LogP contribution in [0.4, 0.5) is 11.4 Å². The molecule has 22 heavy (non-hydrogen) atoms. The van der Waals surface area contributed by atoms with E-state index in [9.17, 15) is 5.26 Å². The quantitative estimate of drug-likeness (QED) is 0.712. The summed E-state index contributed by atoms with van der Waals surface area (Å²) in [5, 5.41) is 11.7. The zero-order valence-electron chi connectivity index (χ0n) is 12.6. The minimum atomic E-state index is 0.664. The predicted molar refractivity (Wildman–Crippen MR) is 89.7 cm³/mol. The Bertz CT molecular complexity index is 847. The van der Waals surface area contributed by atoms with Crippen LogP contribution in [-0.4, -0.2) is 14.2 Å². The summed E-state index contributed by atoms with van der Waals surface area (Å²) >= 11 is 0. The van der Waals surface area contributed by atoms with Crippen LogP contribution in [0.2, 0.25) is 0 Å². The molecule has 0 aliphatic heterocycles. The Morgan fingerprint density at radius 2 is 1.68 bits per heavy atom. The molecular weight excluding hydrogens is 272 g/mol. The van der Waals surface area contributed by atoms with Crippen molar-refractivity contribution in [3.05, 3.63) is 66.2 Å². The van der Waals surface area contributed by atoms with Crippen molar-refractivity contribution in [1.82, 2.24) is 0 Å². The fourth-order valence-corrected chi connectivity index (χ4v) is 2.64. The van der Waals surface area contributed by atoms with Gasteiger partial charge in [-0.15, -0.1) is 0 Å². The summed E-state index contributed by atoms with van der Waals surface area (Å²) < 4.78 is 5.20. The summed E-state index contributed by atoms with van der Waals surface area (Å²) in [4.78, 5) is 2.04. The Morgan fingerprint density at radius 3 is 2.36 bits per heavy atom. The van der Waals surface area contributed by atoms with E-state index < -0.39 is 0 Å². The molecule has 0 saturated carbocycles. The van der Waals surface area contributed by atoms with Gasteiger partial charge in [-0.1, -0.05) is 30.3 Å². The average Bonchev–Trinajstić information content (AvgIpc) is 2.60. The van der Waals surface area contributed by atoms with E-state index in [1.807, 2.05) is 66.5 Å². The van der Waals surface area contributed by atoms with E-state index >= 15 is 0 Å². The average molecular weight is 288 g/mol. The lowest BCUT2D eigenvalue weighted by atomic mass is 10.0. The summed E-state index contributed by atoms with van der Waals surface area (Å²) in [5.41, 5.74) is 2.59. The standard InChI is InChI=1S/C19H16N2O/c1-21(16-9-11-17(22-2)12-10-16)19-15(13-20)8-7-14-5-3-4-6-18(14)19/h3-12H,1-2H3. The van der Waals surface area contributed by atoms with E-state index in [0.717, 1.165) is 27.9 Å². The van der Waals surface area contributed by atoms with Crippen molar-refractivity contribution in [3.63, 3.8) is 0 Å². The molecular formula is C19H16N2O. The van der Waals surface area contributed by atoms with Crippen LogP contribution in [0.1, 0.15) is 5.56 Å². The number of benzene rings is 3. The molecule has 0 radical (unpaired) electrons. The van der Waals surface area contributed by atoms with Gasteiger partial charge in [0, 0.05) is 18.1 Å². The van der Waals surface area contributed by atoms with Crippen molar-refractivity contribution < 1.29 is 4.74 Å². The van der Waals surface area contributed by atoms with E-state index in [4.69, 9.17) is 4.74 Å². The van der Waals surface area contributed by atoms with Crippen molar-refractivity contribution in [3.8, 4) is 11.8 Å². The van der Waals surface area contributed by atoms with Gasteiger partial charge in [0.1, 0.15) is 11.8 Å². The van der Waals surface area contributed by atoms with E-state index in [2.05, 4.69) is 12.1 Å². The molecule has 3 rings (SSSR count). The van der Waals surface area contributed by atoms with Crippen LogP contribution in [0, 0.1) is 11.3 Å². The molecule has 0 amide bonds. The Hall–Kier alpha value is -2.99. The minimum absolute atomic E-state index is 0.664. The number of nitriles is 1. The van der Waals surface area contributed by atoms with Gasteiger partial charge in [0.2, 0.25) is 0 Å². The number of methoxy groups -OCH3 is 1. The highest BCUT2D eigenvalue weighted by Gasteiger charge is 2.13. The molecule has 0 saturated heterocycles. The van der Waals surface area contributed by atoms with Crippen LogP contribution in [-0.2, 0) is 0 Å². The van der Waals surface area contributed by atoms with Crippen LogP contribution in [0.3, 0.4) is 0 Å². The summed E-state index contributed by atoms with van der Waals surface area (Å²) in [6.45, 7) is 0. The first kappa shape index (κ1) is 14.0. The van der Waals surface area contributed by atoms with Crippen molar-refractivity contribution in [2.24, 2.45) is 0 Å². The largest absolute Gasteiger partial charge is 0.497 e. The molecule has 0 atom stereocenters. The molecule has 0 unspecified atom stereocenters. The van der Waals surface area contributed by atoms with Gasteiger partial charge in [-0.25, -0.2) is 0 Å². The third-order valence-corrected chi connectivity index (χ3v) is 3.82. The molecule has 0 N–H and O–H groups in total. The molecule has 0 aromatic heterocycles. The molecule has 3 nitrogen and oxygen atoms in total. The normalized spacial score (nSPS) is 10.2. The number of nitrogens with zero attached hydrogens (tertiary/aromatic N) is 2. The fourth-order valence-electron chi connectivity index (χ4n) is 2.64. The number of hydrogen-bond acceptors (Lipinski definition) is 3. The number of anilines is 2. The predicted octanol–water partition coefficient (Wildman–Crippen LogP) is 4.49. The second-order valence-corrected chi connectivity index (χ2v) is 5.05. The molecule has 108 valence electrons. The highest BCUT2D eigenvalue weighted by atomic mass is 16.5. The van der Waals surface area contributed by atoms with E-state index in [1.165, 1.54) is 0 Å². The first-order chi connectivity index (χ1) is 10.7. The Balaban J connectivity index is 2.17. The van der Waals surface area contributed by atoms with Crippen molar-refractivity contribution in [2.45, 2.75) is 0 Å². The SMILES string of the molecule is COc1ccc(N(C)c2c(C#N)ccc3ccccc23)cc1. The topological polar surface area (TPSA) is 36.3 Å². The minimum Gasteiger partial charge on any atom is -0.497 e. The Morgan fingerprint density at radius 1 is 0.955 bits per heavy atom. The van der Waals surface area contributed by atoms with Gasteiger partial charge in [-0.3, -0.25) is 0 Å². The second kappa shape index (κ2) is 5.79. The van der Waals surface area contributed by atoms with Gasteiger partial charge in [0.25, 0.3) is 0 Å². The smallest absolute Gasteiger partial charge is 0.119 e. The molecule has 0 aliphatic carbocycles. The third kappa shape index (κ3) is 2.36. The van der Waals surface area contributed by atoms with Crippen LogP contribution in [0.25, 0.3) is 10.8 Å². The molecule has 3 heteroatoms. The van der Waals surface area contributed by atoms with E-state index in [1.54, 1.807) is 7.11 Å². The van der Waals surface area contributed by atoms with Gasteiger partial charge in [-0.05, 0) is 35.7 Å². The summed E-state index contributed by atoms with van der Waals surface area (Å²) in [7, 11) is 3.63. The molecule has 3 aromatic carbocycles. The number of rotatable bonds is 3. The highest BCUT2D eigenvalue weighted by Crippen LogP contribution is 2.34. The number of ether oxygens (including phenoxy) is 1. The van der Waals surface area contributed by atoms with Crippen LogP contribution >= 0.6 is 0 Å². The van der Waals surface area contributed by atoms with Gasteiger partial charge < -0.3 is 9.64 Å². The summed E-state index contributed by atoms with van der Waals surface area (Å²) in [6, 6.07) is 22.1. The fraction of sp³-hybridized carbons (Fsp3) is 0.105. The monoisotopic (exact) mass is 288 g/mol. The van der Waals surface area contributed by atoms with E-state index in [0.29, 0.717) is 5.56 Å². The van der Waals surface area contributed by atoms with Crippen LogP contribution < -0.4 is 9.64 Å². The lowest BCUT2D eigenvalue weighted by molar-refractivity contribution is 0.415. The van der Waals surface area contributed by atoms with Crippen molar-refractivity contribution in [1.29, 1.82) is 5.26 Å². The second-order valence-electron chi connectivity index (χ2n) is 5.05. The first-order valence-corrected chi connectivity index (χ1v) is 7.04. The molecule has 0 bridgehead atoms.